The molecule has 0 spiro atoms. The quantitative estimate of drug-likeness (QED) is 0.903. The van der Waals surface area contributed by atoms with Gasteiger partial charge in [-0.3, -0.25) is 0 Å². The number of hydrogen-bond donors (Lipinski definition) is 1. The molecule has 3 heteroatoms. The fourth-order valence-electron chi connectivity index (χ4n) is 4.05. The molecule has 1 saturated carbocycles. The first kappa shape index (κ1) is 14.4. The molecule has 2 nitrogen and oxygen atoms in total. The number of rotatable bonds is 3. The van der Waals surface area contributed by atoms with Crippen LogP contribution in [0.1, 0.15) is 38.8 Å². The number of aliphatic hydroxyl groups is 1. The van der Waals surface area contributed by atoms with E-state index in [1.807, 2.05) is 0 Å². The van der Waals surface area contributed by atoms with Gasteiger partial charge >= 0.3 is 0 Å². The smallest absolute Gasteiger partial charge is 0.125 e. The Morgan fingerprint density at radius 3 is 2.55 bits per heavy atom. The molecule has 20 heavy (non-hydrogen) atoms. The van der Waals surface area contributed by atoms with Crippen LogP contribution in [0, 0.1) is 16.7 Å². The fourth-order valence-corrected chi connectivity index (χ4v) is 4.60. The van der Waals surface area contributed by atoms with Gasteiger partial charge in [0.05, 0.1) is 12.7 Å². The number of ether oxygens (including phenoxy) is 1. The maximum atomic E-state index is 10.7. The molecule has 1 aliphatic heterocycles. The Bertz CT molecular complexity index is 534. The zero-order valence-electron chi connectivity index (χ0n) is 12.7. The van der Waals surface area contributed by atoms with E-state index in [-0.39, 0.29) is 16.9 Å². The van der Waals surface area contributed by atoms with E-state index in [0.717, 1.165) is 28.8 Å². The molecule has 0 saturated heterocycles. The van der Waals surface area contributed by atoms with Crippen LogP contribution in [0.2, 0.25) is 0 Å². The first-order chi connectivity index (χ1) is 9.25. The predicted octanol–water partition coefficient (Wildman–Crippen LogP) is 3.97. The fraction of sp³-hybridized carbons (Fsp3) is 0.647. The van der Waals surface area contributed by atoms with Crippen molar-refractivity contribution in [3.8, 4) is 5.75 Å². The Morgan fingerprint density at radius 2 is 1.95 bits per heavy atom. The number of aliphatic hydroxyl groups excluding tert-OH is 1. The van der Waals surface area contributed by atoms with Crippen molar-refractivity contribution in [3.63, 3.8) is 0 Å². The summed E-state index contributed by atoms with van der Waals surface area (Å²) < 4.78 is 6.84. The van der Waals surface area contributed by atoms with Gasteiger partial charge in [0.25, 0.3) is 0 Å². The van der Waals surface area contributed by atoms with Crippen molar-refractivity contribution in [1.29, 1.82) is 0 Å². The Balaban J connectivity index is 1.83. The monoisotopic (exact) mass is 338 g/mol. The van der Waals surface area contributed by atoms with Gasteiger partial charge in [-0.05, 0) is 40.0 Å². The van der Waals surface area contributed by atoms with Crippen LogP contribution in [0.3, 0.4) is 0 Å². The molecule has 1 fully saturated rings. The van der Waals surface area contributed by atoms with Gasteiger partial charge in [0.1, 0.15) is 5.75 Å². The van der Waals surface area contributed by atoms with Crippen LogP contribution < -0.4 is 4.74 Å². The Morgan fingerprint density at radius 1 is 1.30 bits per heavy atom. The molecular weight excluding hydrogens is 316 g/mol. The lowest BCUT2D eigenvalue weighted by atomic mass is 9.97. The molecule has 110 valence electrons. The van der Waals surface area contributed by atoms with Gasteiger partial charge in [-0.15, -0.1) is 0 Å². The first-order valence-corrected chi connectivity index (χ1v) is 8.16. The van der Waals surface area contributed by atoms with Gasteiger partial charge in [-0.2, -0.15) is 0 Å². The van der Waals surface area contributed by atoms with Crippen molar-refractivity contribution in [1.82, 2.24) is 0 Å². The van der Waals surface area contributed by atoms with Crippen LogP contribution in [0.4, 0.5) is 0 Å². The normalized spacial score (nSPS) is 24.1. The molecule has 1 aromatic carbocycles. The molecule has 0 bridgehead atoms. The zero-order chi connectivity index (χ0) is 14.7. The van der Waals surface area contributed by atoms with E-state index in [0.29, 0.717) is 12.3 Å². The molecule has 1 aliphatic carbocycles. The number of hydrogen-bond acceptors (Lipinski definition) is 2. The summed E-state index contributed by atoms with van der Waals surface area (Å²) in [7, 11) is 0. The molecule has 0 radical (unpaired) electrons. The number of fused-ring (bicyclic) bond motifs is 1. The molecular formula is C17H23BrO2. The highest BCUT2D eigenvalue weighted by Crippen LogP contribution is 2.69. The van der Waals surface area contributed by atoms with Crippen LogP contribution in [0.15, 0.2) is 16.6 Å². The van der Waals surface area contributed by atoms with Crippen molar-refractivity contribution in [3.05, 3.63) is 27.7 Å². The predicted molar refractivity (Wildman–Crippen MR) is 84.1 cm³/mol. The van der Waals surface area contributed by atoms with Crippen molar-refractivity contribution in [2.75, 3.05) is 6.61 Å². The molecule has 0 aromatic heterocycles. The van der Waals surface area contributed by atoms with Crippen LogP contribution in [0.5, 0.6) is 5.75 Å². The van der Waals surface area contributed by atoms with Gasteiger partial charge < -0.3 is 9.84 Å². The average molecular weight is 339 g/mol. The standard InChI is InChI=1S/C17H23BrO2/c1-16(2)15(17(16,3)4)13(19)9-11-8-12(18)7-10-5-6-20-14(10)11/h7-8,13,15,19H,5-6,9H2,1-4H3. The molecule has 1 N–H and O–H groups in total. The third-order valence-electron chi connectivity index (χ3n) is 5.77. The highest BCUT2D eigenvalue weighted by Gasteiger charge is 2.66. The summed E-state index contributed by atoms with van der Waals surface area (Å²) in [6, 6.07) is 4.22. The maximum absolute atomic E-state index is 10.7. The van der Waals surface area contributed by atoms with E-state index in [1.54, 1.807) is 0 Å². The Labute approximate surface area is 129 Å². The summed E-state index contributed by atoms with van der Waals surface area (Å²) in [5, 5.41) is 10.7. The van der Waals surface area contributed by atoms with E-state index >= 15 is 0 Å². The second-order valence-corrected chi connectivity index (χ2v) is 8.26. The second-order valence-electron chi connectivity index (χ2n) is 7.34. The van der Waals surface area contributed by atoms with Crippen LogP contribution >= 0.6 is 15.9 Å². The topological polar surface area (TPSA) is 29.5 Å². The van der Waals surface area contributed by atoms with Crippen molar-refractivity contribution in [2.24, 2.45) is 16.7 Å². The van der Waals surface area contributed by atoms with Gasteiger partial charge in [-0.25, -0.2) is 0 Å². The van der Waals surface area contributed by atoms with Crippen LogP contribution in [0.25, 0.3) is 0 Å². The molecule has 1 atom stereocenters. The first-order valence-electron chi connectivity index (χ1n) is 7.37. The minimum absolute atomic E-state index is 0.211. The summed E-state index contributed by atoms with van der Waals surface area (Å²) in [5.41, 5.74) is 2.82. The summed E-state index contributed by atoms with van der Waals surface area (Å²) in [4.78, 5) is 0. The minimum atomic E-state index is -0.303. The molecule has 1 heterocycles. The SMILES string of the molecule is CC1(C)C(C(O)Cc2cc(Br)cc3c2OCC3)C1(C)C. The minimum Gasteiger partial charge on any atom is -0.493 e. The van der Waals surface area contributed by atoms with Crippen molar-refractivity contribution >= 4 is 15.9 Å². The highest BCUT2D eigenvalue weighted by molar-refractivity contribution is 9.10. The number of benzene rings is 1. The third-order valence-corrected chi connectivity index (χ3v) is 6.23. The zero-order valence-corrected chi connectivity index (χ0v) is 14.3. The van der Waals surface area contributed by atoms with Crippen LogP contribution in [-0.4, -0.2) is 17.8 Å². The van der Waals surface area contributed by atoms with Gasteiger partial charge in [0.15, 0.2) is 0 Å². The van der Waals surface area contributed by atoms with E-state index in [2.05, 4.69) is 55.8 Å². The summed E-state index contributed by atoms with van der Waals surface area (Å²) in [6.07, 6.45) is 1.35. The maximum Gasteiger partial charge on any atom is 0.125 e. The van der Waals surface area contributed by atoms with Crippen LogP contribution in [-0.2, 0) is 12.8 Å². The molecule has 2 aliphatic rings. The number of halogens is 1. The summed E-state index contributed by atoms with van der Waals surface area (Å²) in [6.45, 7) is 9.77. The summed E-state index contributed by atoms with van der Waals surface area (Å²) >= 11 is 3.57. The van der Waals surface area contributed by atoms with Gasteiger partial charge in [-0.1, -0.05) is 43.6 Å². The lowest BCUT2D eigenvalue weighted by Gasteiger charge is -2.15. The van der Waals surface area contributed by atoms with E-state index in [4.69, 9.17) is 4.74 Å². The lowest BCUT2D eigenvalue weighted by Crippen LogP contribution is -2.18. The highest BCUT2D eigenvalue weighted by atomic mass is 79.9. The van der Waals surface area contributed by atoms with E-state index < -0.39 is 0 Å². The molecule has 1 aromatic rings. The Hall–Kier alpha value is -0.540. The lowest BCUT2D eigenvalue weighted by molar-refractivity contribution is 0.128. The Kier molecular flexibility index (Phi) is 3.22. The van der Waals surface area contributed by atoms with E-state index in [1.165, 1.54) is 5.56 Å². The van der Waals surface area contributed by atoms with Gasteiger partial charge in [0, 0.05) is 17.3 Å². The van der Waals surface area contributed by atoms with Gasteiger partial charge in [0.2, 0.25) is 0 Å². The second kappa shape index (κ2) is 4.48. The van der Waals surface area contributed by atoms with E-state index in [9.17, 15) is 5.11 Å². The van der Waals surface area contributed by atoms with Crippen molar-refractivity contribution in [2.45, 2.75) is 46.6 Å². The molecule has 3 rings (SSSR count). The molecule has 1 unspecified atom stereocenters. The average Bonchev–Trinajstić information content (AvgIpc) is 2.66. The third kappa shape index (κ3) is 2.01. The van der Waals surface area contributed by atoms with Crippen molar-refractivity contribution < 1.29 is 9.84 Å². The molecule has 0 amide bonds. The largest absolute Gasteiger partial charge is 0.493 e. The summed E-state index contributed by atoms with van der Waals surface area (Å²) in [5.74, 6) is 1.36.